The number of rotatable bonds is 4. The summed E-state index contributed by atoms with van der Waals surface area (Å²) in [5.41, 5.74) is 3.34. The van der Waals surface area contributed by atoms with Crippen molar-refractivity contribution in [2.24, 2.45) is 7.05 Å². The van der Waals surface area contributed by atoms with Gasteiger partial charge in [0.2, 0.25) is 0 Å². The minimum absolute atomic E-state index is 0.120. The number of anilines is 1. The van der Waals surface area contributed by atoms with Gasteiger partial charge >= 0.3 is 0 Å². The van der Waals surface area contributed by atoms with Gasteiger partial charge in [-0.2, -0.15) is 0 Å². The third kappa shape index (κ3) is 3.73. The van der Waals surface area contributed by atoms with E-state index in [4.69, 9.17) is 0 Å². The summed E-state index contributed by atoms with van der Waals surface area (Å²) in [6.45, 7) is 2.62. The molecule has 1 aliphatic rings. The molecule has 2 aromatic carbocycles. The zero-order valence-corrected chi connectivity index (χ0v) is 16.8. The fourth-order valence-corrected chi connectivity index (χ4v) is 4.29. The number of hydrogen-bond acceptors (Lipinski definition) is 6. The zero-order chi connectivity index (χ0) is 20.5. The molecule has 3 aromatic rings. The van der Waals surface area contributed by atoms with E-state index >= 15 is 0 Å². The second-order valence-corrected chi connectivity index (χ2v) is 7.97. The Morgan fingerprint density at radius 2 is 2.07 bits per heavy atom. The lowest BCUT2D eigenvalue weighted by Gasteiger charge is -2.30. The average Bonchev–Trinajstić information content (AvgIpc) is 3.11. The van der Waals surface area contributed by atoms with Crippen LogP contribution in [0.15, 0.2) is 52.8 Å². The number of benzene rings is 2. The normalized spacial score (nSPS) is 13.2. The Hall–Kier alpha value is -3.20. The molecule has 0 aliphatic carbocycles. The Morgan fingerprint density at radius 3 is 2.79 bits per heavy atom. The molecule has 1 aliphatic heterocycles. The van der Waals surface area contributed by atoms with Gasteiger partial charge in [-0.05, 0) is 55.3 Å². The quantitative estimate of drug-likeness (QED) is 0.481. The van der Waals surface area contributed by atoms with Crippen molar-refractivity contribution in [1.82, 2.24) is 14.8 Å². The van der Waals surface area contributed by atoms with Crippen LogP contribution in [-0.4, -0.2) is 32.1 Å². The number of nitro groups is 1. The van der Waals surface area contributed by atoms with Crippen molar-refractivity contribution in [2.75, 3.05) is 11.4 Å². The molecule has 1 aromatic heterocycles. The van der Waals surface area contributed by atoms with Crippen LogP contribution >= 0.6 is 11.8 Å². The van der Waals surface area contributed by atoms with Crippen molar-refractivity contribution < 1.29 is 9.72 Å². The lowest BCUT2D eigenvalue weighted by molar-refractivity contribution is -0.387. The topological polar surface area (TPSA) is 94.2 Å². The highest BCUT2D eigenvalue weighted by atomic mass is 32.2. The first-order chi connectivity index (χ1) is 13.9. The van der Waals surface area contributed by atoms with Gasteiger partial charge in [0.1, 0.15) is 6.33 Å². The van der Waals surface area contributed by atoms with Gasteiger partial charge in [0, 0.05) is 30.9 Å². The molecule has 148 valence electrons. The van der Waals surface area contributed by atoms with Gasteiger partial charge in [0.05, 0.1) is 9.82 Å². The lowest BCUT2D eigenvalue weighted by Crippen LogP contribution is -2.35. The monoisotopic (exact) mass is 409 g/mol. The minimum Gasteiger partial charge on any atom is -0.311 e. The van der Waals surface area contributed by atoms with Crippen LogP contribution in [0.2, 0.25) is 0 Å². The van der Waals surface area contributed by atoms with Gasteiger partial charge < -0.3 is 9.47 Å². The van der Waals surface area contributed by atoms with Gasteiger partial charge in [-0.3, -0.25) is 14.9 Å². The third-order valence-electron chi connectivity index (χ3n) is 4.87. The second kappa shape index (κ2) is 7.67. The predicted octanol–water partition coefficient (Wildman–Crippen LogP) is 3.78. The summed E-state index contributed by atoms with van der Waals surface area (Å²) in [7, 11) is 1.77. The van der Waals surface area contributed by atoms with E-state index in [-0.39, 0.29) is 11.6 Å². The van der Waals surface area contributed by atoms with Gasteiger partial charge in [0.25, 0.3) is 11.6 Å². The van der Waals surface area contributed by atoms with E-state index in [2.05, 4.69) is 16.3 Å². The maximum atomic E-state index is 13.2. The largest absolute Gasteiger partial charge is 0.311 e. The highest BCUT2D eigenvalue weighted by Gasteiger charge is 2.26. The van der Waals surface area contributed by atoms with Crippen LogP contribution in [0.3, 0.4) is 0 Å². The summed E-state index contributed by atoms with van der Waals surface area (Å²) in [6.07, 6.45) is 3.32. The van der Waals surface area contributed by atoms with Crippen LogP contribution in [0.4, 0.5) is 11.4 Å². The van der Waals surface area contributed by atoms with Crippen molar-refractivity contribution in [3.63, 3.8) is 0 Å². The molecule has 0 saturated heterocycles. The Labute approximate surface area is 171 Å². The summed E-state index contributed by atoms with van der Waals surface area (Å²) in [6, 6.07) is 10.6. The molecule has 0 fully saturated rings. The number of amides is 1. The van der Waals surface area contributed by atoms with E-state index in [1.165, 1.54) is 12.4 Å². The Kier molecular flexibility index (Phi) is 5.06. The number of nitro benzene ring substituents is 1. The maximum absolute atomic E-state index is 13.2. The number of carbonyl (C=O) groups excluding carboxylic acids is 1. The Balaban J connectivity index is 1.67. The van der Waals surface area contributed by atoms with Crippen molar-refractivity contribution in [3.05, 3.63) is 69.5 Å². The molecule has 8 nitrogen and oxygen atoms in total. The van der Waals surface area contributed by atoms with Crippen LogP contribution in [0, 0.1) is 17.0 Å². The van der Waals surface area contributed by atoms with E-state index in [1.807, 2.05) is 19.1 Å². The van der Waals surface area contributed by atoms with E-state index in [1.54, 1.807) is 28.6 Å². The number of aromatic nitrogens is 3. The number of carbonyl (C=O) groups is 1. The molecular weight excluding hydrogens is 390 g/mol. The SMILES string of the molecule is Cc1ccc2c(c1)CCCN2C(=O)c1ccc(Sc2nncn2C)c([N+](=O)[O-])c1. The first-order valence-corrected chi connectivity index (χ1v) is 9.97. The summed E-state index contributed by atoms with van der Waals surface area (Å²) >= 11 is 1.14. The highest BCUT2D eigenvalue weighted by Crippen LogP contribution is 2.35. The van der Waals surface area contributed by atoms with Crippen molar-refractivity contribution in [3.8, 4) is 0 Å². The van der Waals surface area contributed by atoms with Gasteiger partial charge in [0.15, 0.2) is 5.16 Å². The Morgan fingerprint density at radius 1 is 1.24 bits per heavy atom. The maximum Gasteiger partial charge on any atom is 0.284 e. The van der Waals surface area contributed by atoms with E-state index in [9.17, 15) is 14.9 Å². The van der Waals surface area contributed by atoms with E-state index in [0.29, 0.717) is 22.2 Å². The second-order valence-electron chi connectivity index (χ2n) is 6.96. The Bertz CT molecular complexity index is 1110. The molecular formula is C20H19N5O3S. The summed E-state index contributed by atoms with van der Waals surface area (Å²) in [5.74, 6) is -0.229. The molecule has 1 amide bonds. The first-order valence-electron chi connectivity index (χ1n) is 9.16. The van der Waals surface area contributed by atoms with Crippen molar-refractivity contribution >= 4 is 29.0 Å². The molecule has 29 heavy (non-hydrogen) atoms. The number of aryl methyl sites for hydroxylation is 3. The zero-order valence-electron chi connectivity index (χ0n) is 16.0. The molecule has 0 saturated carbocycles. The van der Waals surface area contributed by atoms with Crippen molar-refractivity contribution in [2.45, 2.75) is 29.8 Å². The molecule has 4 rings (SSSR count). The van der Waals surface area contributed by atoms with Crippen LogP contribution in [0.25, 0.3) is 0 Å². The van der Waals surface area contributed by atoms with Crippen LogP contribution in [0.5, 0.6) is 0 Å². The average molecular weight is 409 g/mol. The lowest BCUT2D eigenvalue weighted by atomic mass is 9.99. The number of hydrogen-bond donors (Lipinski definition) is 0. The molecule has 0 unspecified atom stereocenters. The van der Waals surface area contributed by atoms with Crippen LogP contribution < -0.4 is 4.90 Å². The molecule has 0 N–H and O–H groups in total. The molecule has 0 atom stereocenters. The predicted molar refractivity (Wildman–Crippen MR) is 109 cm³/mol. The van der Waals surface area contributed by atoms with Gasteiger partial charge in [-0.15, -0.1) is 10.2 Å². The van der Waals surface area contributed by atoms with Crippen molar-refractivity contribution in [1.29, 1.82) is 0 Å². The van der Waals surface area contributed by atoms with E-state index < -0.39 is 4.92 Å². The fourth-order valence-electron chi connectivity index (χ4n) is 3.44. The summed E-state index contributed by atoms with van der Waals surface area (Å²) in [4.78, 5) is 26.5. The third-order valence-corrected chi connectivity index (χ3v) is 5.99. The summed E-state index contributed by atoms with van der Waals surface area (Å²) in [5, 5.41) is 19.9. The van der Waals surface area contributed by atoms with E-state index in [0.717, 1.165) is 41.4 Å². The molecule has 2 heterocycles. The standard InChI is InChI=1S/C20H19N5O3S/c1-13-5-7-16-14(10-13)4-3-9-24(16)19(26)15-6-8-18(17(11-15)25(27)28)29-20-22-21-12-23(20)2/h5-8,10-12H,3-4,9H2,1-2H3. The first kappa shape index (κ1) is 19.1. The van der Waals surface area contributed by atoms with Crippen LogP contribution in [-0.2, 0) is 13.5 Å². The summed E-state index contributed by atoms with van der Waals surface area (Å²) < 4.78 is 1.68. The van der Waals surface area contributed by atoms with Gasteiger partial charge in [-0.25, -0.2) is 0 Å². The fraction of sp³-hybridized carbons (Fsp3) is 0.250. The molecule has 0 spiro atoms. The minimum atomic E-state index is -0.469. The molecule has 9 heteroatoms. The van der Waals surface area contributed by atoms with Crippen LogP contribution in [0.1, 0.15) is 27.9 Å². The molecule has 0 bridgehead atoms. The number of fused-ring (bicyclic) bond motifs is 1. The smallest absolute Gasteiger partial charge is 0.284 e. The van der Waals surface area contributed by atoms with Gasteiger partial charge in [-0.1, -0.05) is 17.7 Å². The number of nitrogens with zero attached hydrogens (tertiary/aromatic N) is 5. The molecule has 0 radical (unpaired) electrons. The highest BCUT2D eigenvalue weighted by molar-refractivity contribution is 7.99.